The van der Waals surface area contributed by atoms with Gasteiger partial charge in [-0.2, -0.15) is 0 Å². The van der Waals surface area contributed by atoms with E-state index < -0.39 is 6.67 Å². The van der Waals surface area contributed by atoms with Gasteiger partial charge in [-0.05, 0) is 24.3 Å². The van der Waals surface area contributed by atoms with Crippen LogP contribution in [0.5, 0.6) is 0 Å². The average molecular weight is 355 g/mol. The van der Waals surface area contributed by atoms with Crippen LogP contribution >= 0.6 is 0 Å². The van der Waals surface area contributed by atoms with E-state index in [1.807, 2.05) is 48.7 Å². The molecule has 2 heterocycles. The predicted octanol–water partition coefficient (Wildman–Crippen LogP) is 3.71. The molecule has 3 rings (SSSR count). The molecule has 6 heteroatoms. The summed E-state index contributed by atoms with van der Waals surface area (Å²) < 4.78 is 22.2. The first-order valence-electron chi connectivity index (χ1n) is 8.64. The van der Waals surface area contributed by atoms with E-state index in [4.69, 9.17) is 9.47 Å². The summed E-state index contributed by atoms with van der Waals surface area (Å²) in [6.45, 7) is 1.72. The number of hydrogen-bond acceptors (Lipinski definition) is 5. The van der Waals surface area contributed by atoms with Gasteiger partial charge in [0.1, 0.15) is 12.5 Å². The SMILES string of the molecule is FCCOCCOCCNc1ccc(-c2ccc3ccccc3n2)cn1. The van der Waals surface area contributed by atoms with Crippen molar-refractivity contribution in [1.29, 1.82) is 0 Å². The van der Waals surface area contributed by atoms with Crippen LogP contribution in [0.15, 0.2) is 54.7 Å². The van der Waals surface area contributed by atoms with Crippen LogP contribution in [0.25, 0.3) is 22.2 Å². The number of ether oxygens (including phenoxy) is 2. The van der Waals surface area contributed by atoms with E-state index in [-0.39, 0.29) is 6.61 Å². The summed E-state index contributed by atoms with van der Waals surface area (Å²) in [5, 5.41) is 4.32. The topological polar surface area (TPSA) is 56.3 Å². The van der Waals surface area contributed by atoms with Crippen molar-refractivity contribution >= 4 is 16.7 Å². The maximum atomic E-state index is 11.8. The number of hydrogen-bond donors (Lipinski definition) is 1. The number of alkyl halides is 1. The van der Waals surface area contributed by atoms with Crippen molar-refractivity contribution in [2.45, 2.75) is 0 Å². The number of anilines is 1. The Morgan fingerprint density at radius 1 is 0.885 bits per heavy atom. The number of pyridine rings is 2. The fraction of sp³-hybridized carbons (Fsp3) is 0.300. The minimum absolute atomic E-state index is 0.129. The zero-order valence-electron chi connectivity index (χ0n) is 14.5. The van der Waals surface area contributed by atoms with Gasteiger partial charge in [0.05, 0.1) is 37.6 Å². The number of aromatic nitrogens is 2. The minimum Gasteiger partial charge on any atom is -0.377 e. The first-order valence-corrected chi connectivity index (χ1v) is 8.64. The molecule has 0 aliphatic rings. The van der Waals surface area contributed by atoms with Gasteiger partial charge in [-0.3, -0.25) is 0 Å². The van der Waals surface area contributed by atoms with Gasteiger partial charge in [0.15, 0.2) is 0 Å². The van der Waals surface area contributed by atoms with E-state index in [9.17, 15) is 4.39 Å². The Morgan fingerprint density at radius 3 is 2.54 bits per heavy atom. The highest BCUT2D eigenvalue weighted by Gasteiger charge is 2.02. The third-order valence-electron chi connectivity index (χ3n) is 3.80. The lowest BCUT2D eigenvalue weighted by Crippen LogP contribution is -2.13. The lowest BCUT2D eigenvalue weighted by Gasteiger charge is -2.08. The molecule has 2 aromatic heterocycles. The number of fused-ring (bicyclic) bond motifs is 1. The summed E-state index contributed by atoms with van der Waals surface area (Å²) in [6, 6.07) is 16.0. The number of rotatable bonds is 10. The monoisotopic (exact) mass is 355 g/mol. The minimum atomic E-state index is -0.460. The fourth-order valence-electron chi connectivity index (χ4n) is 2.50. The molecule has 0 saturated heterocycles. The van der Waals surface area contributed by atoms with E-state index in [2.05, 4.69) is 21.4 Å². The largest absolute Gasteiger partial charge is 0.377 e. The maximum absolute atomic E-state index is 11.8. The molecule has 5 nitrogen and oxygen atoms in total. The molecule has 136 valence electrons. The predicted molar refractivity (Wildman–Crippen MR) is 101 cm³/mol. The Morgan fingerprint density at radius 2 is 1.73 bits per heavy atom. The summed E-state index contributed by atoms with van der Waals surface area (Å²) >= 11 is 0. The molecule has 0 fully saturated rings. The molecule has 0 aliphatic heterocycles. The van der Waals surface area contributed by atoms with Gasteiger partial charge in [-0.1, -0.05) is 24.3 Å². The second kappa shape index (κ2) is 9.79. The lowest BCUT2D eigenvalue weighted by atomic mass is 10.1. The highest BCUT2D eigenvalue weighted by Crippen LogP contribution is 2.21. The van der Waals surface area contributed by atoms with E-state index in [0.29, 0.717) is 26.4 Å². The van der Waals surface area contributed by atoms with Crippen molar-refractivity contribution in [3.63, 3.8) is 0 Å². The fourth-order valence-corrected chi connectivity index (χ4v) is 2.50. The molecule has 0 atom stereocenters. The second-order valence-corrected chi connectivity index (χ2v) is 5.66. The molecule has 0 aliphatic carbocycles. The van der Waals surface area contributed by atoms with Crippen LogP contribution < -0.4 is 5.32 Å². The Hall–Kier alpha value is -2.57. The Kier molecular flexibility index (Phi) is 6.87. The quantitative estimate of drug-likeness (QED) is 0.562. The zero-order valence-corrected chi connectivity index (χ0v) is 14.5. The molecule has 0 saturated carbocycles. The van der Waals surface area contributed by atoms with Gasteiger partial charge in [0.2, 0.25) is 0 Å². The van der Waals surface area contributed by atoms with E-state index in [1.165, 1.54) is 0 Å². The van der Waals surface area contributed by atoms with Crippen LogP contribution in [0.2, 0.25) is 0 Å². The van der Waals surface area contributed by atoms with Gasteiger partial charge in [-0.25, -0.2) is 14.4 Å². The molecule has 0 unspecified atom stereocenters. The van der Waals surface area contributed by atoms with Crippen LogP contribution in [0.3, 0.4) is 0 Å². The highest BCUT2D eigenvalue weighted by atomic mass is 19.1. The molecule has 1 aromatic carbocycles. The van der Waals surface area contributed by atoms with Crippen LogP contribution in [0.1, 0.15) is 0 Å². The van der Waals surface area contributed by atoms with Crippen LogP contribution in [-0.2, 0) is 9.47 Å². The Bertz CT molecular complexity index is 812. The molecule has 0 spiro atoms. The van der Waals surface area contributed by atoms with Gasteiger partial charge in [0.25, 0.3) is 0 Å². The van der Waals surface area contributed by atoms with Crippen molar-refractivity contribution in [3.05, 3.63) is 54.7 Å². The first-order chi connectivity index (χ1) is 12.9. The van der Waals surface area contributed by atoms with Crippen molar-refractivity contribution in [3.8, 4) is 11.3 Å². The Labute approximate surface area is 152 Å². The molecular formula is C20H22FN3O2. The number of benzene rings is 1. The Balaban J connectivity index is 1.47. The van der Waals surface area contributed by atoms with Crippen LogP contribution in [0, 0.1) is 0 Å². The van der Waals surface area contributed by atoms with Crippen molar-refractivity contribution in [2.24, 2.45) is 0 Å². The number of halogens is 1. The number of nitrogens with zero attached hydrogens (tertiary/aromatic N) is 2. The van der Waals surface area contributed by atoms with Crippen molar-refractivity contribution < 1.29 is 13.9 Å². The van der Waals surface area contributed by atoms with Crippen LogP contribution in [0.4, 0.5) is 10.2 Å². The third-order valence-corrected chi connectivity index (χ3v) is 3.80. The molecule has 0 amide bonds. The summed E-state index contributed by atoms with van der Waals surface area (Å²) in [4.78, 5) is 9.10. The maximum Gasteiger partial charge on any atom is 0.125 e. The highest BCUT2D eigenvalue weighted by molar-refractivity contribution is 5.81. The smallest absolute Gasteiger partial charge is 0.125 e. The van der Waals surface area contributed by atoms with Gasteiger partial charge < -0.3 is 14.8 Å². The summed E-state index contributed by atoms with van der Waals surface area (Å²) in [6.07, 6.45) is 1.81. The molecule has 0 bridgehead atoms. The van der Waals surface area contributed by atoms with Crippen molar-refractivity contribution in [2.75, 3.05) is 45.0 Å². The first kappa shape index (κ1) is 18.2. The van der Waals surface area contributed by atoms with Gasteiger partial charge in [0, 0.05) is 23.7 Å². The van der Waals surface area contributed by atoms with E-state index >= 15 is 0 Å². The molecule has 3 aromatic rings. The standard InChI is InChI=1S/C20H22FN3O2/c21-9-11-25-13-14-26-12-10-22-20-8-6-17(15-23-20)19-7-5-16-3-1-2-4-18(16)24-19/h1-8,15H,9-14H2,(H,22,23). The summed E-state index contributed by atoms with van der Waals surface area (Å²) in [5.74, 6) is 0.784. The molecule has 26 heavy (non-hydrogen) atoms. The van der Waals surface area contributed by atoms with E-state index in [0.717, 1.165) is 28.0 Å². The van der Waals surface area contributed by atoms with E-state index in [1.54, 1.807) is 0 Å². The van der Waals surface area contributed by atoms with Gasteiger partial charge >= 0.3 is 0 Å². The zero-order chi connectivity index (χ0) is 18.0. The summed E-state index contributed by atoms with van der Waals surface area (Å²) in [7, 11) is 0. The lowest BCUT2D eigenvalue weighted by molar-refractivity contribution is 0.0463. The molecular weight excluding hydrogens is 333 g/mol. The summed E-state index contributed by atoms with van der Waals surface area (Å²) in [5.41, 5.74) is 2.85. The number of para-hydroxylation sites is 1. The average Bonchev–Trinajstić information content (AvgIpc) is 2.70. The number of nitrogens with one attached hydrogen (secondary N) is 1. The third kappa shape index (κ3) is 5.21. The molecule has 0 radical (unpaired) electrons. The van der Waals surface area contributed by atoms with Crippen molar-refractivity contribution in [1.82, 2.24) is 9.97 Å². The normalized spacial score (nSPS) is 11.0. The molecule has 1 N–H and O–H groups in total. The second-order valence-electron chi connectivity index (χ2n) is 5.66. The van der Waals surface area contributed by atoms with Gasteiger partial charge in [-0.15, -0.1) is 0 Å². The van der Waals surface area contributed by atoms with Crippen LogP contribution in [-0.4, -0.2) is 49.6 Å².